The Kier molecular flexibility index (Phi) is 1.98. The molecule has 88 valence electrons. The Morgan fingerprint density at radius 1 is 1.11 bits per heavy atom. The number of rotatable bonds is 0. The number of aryl methyl sites for hydroxylation is 1. The summed E-state index contributed by atoms with van der Waals surface area (Å²) in [7, 11) is 0. The summed E-state index contributed by atoms with van der Waals surface area (Å²) in [6.07, 6.45) is 0.603. The number of hydrogen-bond acceptors (Lipinski definition) is 1. The van der Waals surface area contributed by atoms with Crippen LogP contribution < -0.4 is 0 Å². The summed E-state index contributed by atoms with van der Waals surface area (Å²) in [6.45, 7) is 0.789. The predicted molar refractivity (Wildman–Crippen MR) is 76.1 cm³/mol. The predicted octanol–water partition coefficient (Wildman–Crippen LogP) is 4.14. The molecule has 2 nitrogen and oxygen atoms in total. The van der Waals surface area contributed by atoms with Crippen LogP contribution >= 0.6 is 15.9 Å². The van der Waals surface area contributed by atoms with Gasteiger partial charge in [0, 0.05) is 39.3 Å². The second-order valence-corrected chi connectivity index (χ2v) is 5.60. The van der Waals surface area contributed by atoms with E-state index in [1.165, 1.54) is 16.3 Å². The lowest BCUT2D eigenvalue weighted by atomic mass is 10.0. The normalized spacial score (nSPS) is 14.6. The van der Waals surface area contributed by atoms with E-state index in [4.69, 9.17) is 0 Å². The number of nitrogens with zero attached hydrogens (tertiary/aromatic N) is 1. The minimum atomic E-state index is 0.259. The first-order valence-corrected chi connectivity index (χ1v) is 6.79. The molecular weight excluding hydrogens is 290 g/mol. The molecule has 18 heavy (non-hydrogen) atoms. The maximum Gasteiger partial charge on any atom is 0.166 e. The second-order valence-electron chi connectivity index (χ2n) is 4.69. The van der Waals surface area contributed by atoms with Crippen molar-refractivity contribution in [3.63, 3.8) is 0 Å². The third-order valence-corrected chi connectivity index (χ3v) is 4.20. The van der Waals surface area contributed by atoms with Crippen molar-refractivity contribution in [2.75, 3.05) is 0 Å². The Labute approximate surface area is 112 Å². The highest BCUT2D eigenvalue weighted by Crippen LogP contribution is 2.35. The van der Waals surface area contributed by atoms with Gasteiger partial charge in [0.2, 0.25) is 0 Å². The van der Waals surface area contributed by atoms with Crippen molar-refractivity contribution in [3.05, 3.63) is 46.4 Å². The molecule has 0 N–H and O–H groups in total. The average molecular weight is 300 g/mol. The van der Waals surface area contributed by atoms with E-state index in [0.717, 1.165) is 22.1 Å². The van der Waals surface area contributed by atoms with Crippen LogP contribution in [0.3, 0.4) is 0 Å². The highest BCUT2D eigenvalue weighted by Gasteiger charge is 2.22. The van der Waals surface area contributed by atoms with E-state index < -0.39 is 0 Å². The van der Waals surface area contributed by atoms with Crippen molar-refractivity contribution >= 4 is 43.5 Å². The van der Waals surface area contributed by atoms with E-state index in [1.54, 1.807) is 0 Å². The number of Topliss-reactive ketones (excluding diaryl/α,β-unsaturated/α-hetero) is 1. The minimum absolute atomic E-state index is 0.259. The van der Waals surface area contributed by atoms with Crippen LogP contribution in [0.1, 0.15) is 16.8 Å². The fourth-order valence-corrected chi connectivity index (χ4v) is 3.30. The van der Waals surface area contributed by atoms with Gasteiger partial charge in [-0.2, -0.15) is 0 Å². The molecule has 3 heteroatoms. The van der Waals surface area contributed by atoms with Gasteiger partial charge in [-0.15, -0.1) is 0 Å². The van der Waals surface area contributed by atoms with Crippen LogP contribution in [0.5, 0.6) is 0 Å². The third kappa shape index (κ3) is 1.20. The van der Waals surface area contributed by atoms with E-state index in [1.807, 2.05) is 12.1 Å². The smallest absolute Gasteiger partial charge is 0.166 e. The molecule has 2 heterocycles. The van der Waals surface area contributed by atoms with Gasteiger partial charge >= 0.3 is 0 Å². The minimum Gasteiger partial charge on any atom is -0.339 e. The molecule has 0 radical (unpaired) electrons. The SMILES string of the molecule is O=C1CCn2c3ccc(Br)cc3c3cccc1c32. The van der Waals surface area contributed by atoms with Gasteiger partial charge in [0.05, 0.1) is 5.52 Å². The van der Waals surface area contributed by atoms with Crippen LogP contribution in [0, 0.1) is 0 Å². The van der Waals surface area contributed by atoms with Gasteiger partial charge < -0.3 is 4.57 Å². The Morgan fingerprint density at radius 2 is 2.00 bits per heavy atom. The molecule has 4 rings (SSSR count). The van der Waals surface area contributed by atoms with Crippen LogP contribution in [0.2, 0.25) is 0 Å². The number of hydrogen-bond donors (Lipinski definition) is 0. The molecule has 0 spiro atoms. The number of halogens is 1. The summed E-state index contributed by atoms with van der Waals surface area (Å²) in [5.74, 6) is 0.259. The number of carbonyl (C=O) groups excluding carboxylic acids is 1. The number of ketones is 1. The zero-order valence-electron chi connectivity index (χ0n) is 9.61. The molecule has 0 fully saturated rings. The molecule has 0 amide bonds. The van der Waals surface area contributed by atoms with Crippen molar-refractivity contribution in [3.8, 4) is 0 Å². The van der Waals surface area contributed by atoms with Gasteiger partial charge in [-0.05, 0) is 24.3 Å². The van der Waals surface area contributed by atoms with Crippen molar-refractivity contribution < 1.29 is 4.79 Å². The Morgan fingerprint density at radius 3 is 2.89 bits per heavy atom. The quantitative estimate of drug-likeness (QED) is 0.611. The van der Waals surface area contributed by atoms with Crippen molar-refractivity contribution in [1.82, 2.24) is 4.57 Å². The summed E-state index contributed by atoms with van der Waals surface area (Å²) in [5, 5.41) is 2.40. The van der Waals surface area contributed by atoms with Crippen molar-refractivity contribution in [2.24, 2.45) is 0 Å². The lowest BCUT2D eigenvalue weighted by molar-refractivity contribution is 0.0974. The van der Waals surface area contributed by atoms with Crippen LogP contribution in [-0.4, -0.2) is 10.4 Å². The van der Waals surface area contributed by atoms with Crippen molar-refractivity contribution in [1.29, 1.82) is 0 Å². The Bertz CT molecular complexity index is 816. The molecule has 1 aliphatic rings. The lowest BCUT2D eigenvalue weighted by Crippen LogP contribution is -2.13. The Hall–Kier alpha value is -1.61. The van der Waals surface area contributed by atoms with Crippen molar-refractivity contribution in [2.45, 2.75) is 13.0 Å². The topological polar surface area (TPSA) is 22.0 Å². The molecule has 1 aliphatic heterocycles. The fraction of sp³-hybridized carbons (Fsp3) is 0.133. The number of benzene rings is 2. The van der Waals surface area contributed by atoms with E-state index in [-0.39, 0.29) is 5.78 Å². The van der Waals surface area contributed by atoms with Crippen LogP contribution in [0.25, 0.3) is 21.8 Å². The molecular formula is C15H10BrNO. The second kappa shape index (κ2) is 3.45. The third-order valence-electron chi connectivity index (χ3n) is 3.71. The first-order valence-electron chi connectivity index (χ1n) is 5.99. The van der Waals surface area contributed by atoms with E-state index in [9.17, 15) is 4.79 Å². The lowest BCUT2D eigenvalue weighted by Gasteiger charge is -2.15. The number of carbonyl (C=O) groups is 1. The van der Waals surface area contributed by atoms with Gasteiger partial charge in [-0.3, -0.25) is 4.79 Å². The van der Waals surface area contributed by atoms with Gasteiger partial charge in [-0.25, -0.2) is 0 Å². The first-order chi connectivity index (χ1) is 8.75. The average Bonchev–Trinajstić information content (AvgIpc) is 2.69. The largest absolute Gasteiger partial charge is 0.339 e. The molecule has 0 atom stereocenters. The molecule has 0 saturated carbocycles. The maximum absolute atomic E-state index is 12.0. The van der Waals surface area contributed by atoms with Gasteiger partial charge in [0.1, 0.15) is 0 Å². The highest BCUT2D eigenvalue weighted by atomic mass is 79.9. The molecule has 3 aromatic rings. The summed E-state index contributed by atoms with van der Waals surface area (Å²) in [6, 6.07) is 12.3. The van der Waals surface area contributed by atoms with Gasteiger partial charge in [0.15, 0.2) is 5.78 Å². The van der Waals surface area contributed by atoms with Crippen LogP contribution in [-0.2, 0) is 6.54 Å². The first kappa shape index (κ1) is 10.3. The summed E-state index contributed by atoms with van der Waals surface area (Å²) < 4.78 is 3.35. The molecule has 0 bridgehead atoms. The van der Waals surface area contributed by atoms with Gasteiger partial charge in [-0.1, -0.05) is 28.1 Å². The Balaban J connectivity index is 2.32. The molecule has 0 aliphatic carbocycles. The number of para-hydroxylation sites is 1. The maximum atomic E-state index is 12.0. The monoisotopic (exact) mass is 299 g/mol. The highest BCUT2D eigenvalue weighted by molar-refractivity contribution is 9.10. The summed E-state index contributed by atoms with van der Waals surface area (Å²) in [5.41, 5.74) is 3.18. The molecule has 0 saturated heterocycles. The van der Waals surface area contributed by atoms with Crippen LogP contribution in [0.4, 0.5) is 0 Å². The number of aromatic nitrogens is 1. The zero-order chi connectivity index (χ0) is 12.3. The molecule has 2 aromatic carbocycles. The van der Waals surface area contributed by atoms with Gasteiger partial charge in [0.25, 0.3) is 0 Å². The summed E-state index contributed by atoms with van der Waals surface area (Å²) in [4.78, 5) is 12.0. The fourth-order valence-electron chi connectivity index (χ4n) is 2.94. The van der Waals surface area contributed by atoms with E-state index in [0.29, 0.717) is 6.42 Å². The molecule has 0 unspecified atom stereocenters. The van der Waals surface area contributed by atoms with E-state index >= 15 is 0 Å². The zero-order valence-corrected chi connectivity index (χ0v) is 11.2. The standard InChI is InChI=1S/C15H10BrNO/c16-9-4-5-13-12(8-9)10-2-1-3-11-14(18)6-7-17(13)15(10)11/h1-5,8H,6-7H2. The number of fused-ring (bicyclic) bond motifs is 3. The van der Waals surface area contributed by atoms with Crippen LogP contribution in [0.15, 0.2) is 40.9 Å². The molecule has 1 aromatic heterocycles. The summed E-state index contributed by atoms with van der Waals surface area (Å²) >= 11 is 3.52. The van der Waals surface area contributed by atoms with E-state index in [2.05, 4.69) is 44.8 Å².